The van der Waals surface area contributed by atoms with E-state index in [-0.39, 0.29) is 0 Å². The normalized spacial score (nSPS) is 11.0. The lowest BCUT2D eigenvalue weighted by Gasteiger charge is -2.11. The smallest absolute Gasteiger partial charge is 0.00463 e. The van der Waals surface area contributed by atoms with Gasteiger partial charge in [-0.2, -0.15) is 0 Å². The largest absolute Gasteiger partial charge is 0.317 e. The molecule has 0 fully saturated rings. The van der Waals surface area contributed by atoms with Crippen molar-refractivity contribution in [1.82, 2.24) is 5.32 Å². The Kier molecular flexibility index (Phi) is 9.02. The van der Waals surface area contributed by atoms with E-state index < -0.39 is 0 Å². The lowest BCUT2D eigenvalue weighted by molar-refractivity contribution is 0.437. The van der Waals surface area contributed by atoms with E-state index in [1.54, 1.807) is 0 Å². The monoisotopic (exact) mass is 171 g/mol. The fourth-order valence-corrected chi connectivity index (χ4v) is 1.43. The van der Waals surface area contributed by atoms with Gasteiger partial charge in [-0.05, 0) is 31.8 Å². The van der Waals surface area contributed by atoms with Crippen LogP contribution in [0, 0.1) is 5.92 Å². The van der Waals surface area contributed by atoms with Crippen molar-refractivity contribution in [2.75, 3.05) is 13.1 Å². The van der Waals surface area contributed by atoms with Crippen LogP contribution in [0.5, 0.6) is 0 Å². The molecule has 0 saturated carbocycles. The summed E-state index contributed by atoms with van der Waals surface area (Å²) in [6, 6.07) is 0. The zero-order valence-corrected chi connectivity index (χ0v) is 9.03. The summed E-state index contributed by atoms with van der Waals surface area (Å²) >= 11 is 0. The maximum absolute atomic E-state index is 3.49. The molecule has 0 saturated heterocycles. The van der Waals surface area contributed by atoms with E-state index in [9.17, 15) is 0 Å². The van der Waals surface area contributed by atoms with Gasteiger partial charge in [0.05, 0.1) is 0 Å². The molecule has 0 aromatic heterocycles. The van der Waals surface area contributed by atoms with E-state index in [1.165, 1.54) is 45.2 Å². The van der Waals surface area contributed by atoms with E-state index in [4.69, 9.17) is 0 Å². The van der Waals surface area contributed by atoms with Crippen molar-refractivity contribution in [3.63, 3.8) is 0 Å². The average Bonchev–Trinajstić information content (AvgIpc) is 2.11. The highest BCUT2D eigenvalue weighted by molar-refractivity contribution is 4.57. The third-order valence-electron chi connectivity index (χ3n) is 2.59. The van der Waals surface area contributed by atoms with Crippen LogP contribution in [-0.4, -0.2) is 13.1 Å². The van der Waals surface area contributed by atoms with Gasteiger partial charge in [0, 0.05) is 0 Å². The Morgan fingerprint density at radius 3 is 2.17 bits per heavy atom. The average molecular weight is 171 g/mol. The van der Waals surface area contributed by atoms with Gasteiger partial charge < -0.3 is 5.32 Å². The van der Waals surface area contributed by atoms with Crippen LogP contribution in [0.3, 0.4) is 0 Å². The molecule has 0 aromatic carbocycles. The Morgan fingerprint density at radius 1 is 1.00 bits per heavy atom. The van der Waals surface area contributed by atoms with Crippen molar-refractivity contribution >= 4 is 0 Å². The van der Waals surface area contributed by atoms with Crippen molar-refractivity contribution in [2.24, 2.45) is 5.92 Å². The number of rotatable bonds is 8. The molecule has 0 heterocycles. The molecule has 0 radical (unpaired) electrons. The molecule has 0 rings (SSSR count). The van der Waals surface area contributed by atoms with Crippen molar-refractivity contribution < 1.29 is 0 Å². The van der Waals surface area contributed by atoms with Gasteiger partial charge in [-0.1, -0.05) is 40.0 Å². The minimum Gasteiger partial charge on any atom is -0.317 e. The summed E-state index contributed by atoms with van der Waals surface area (Å²) in [4.78, 5) is 0. The van der Waals surface area contributed by atoms with Crippen molar-refractivity contribution in [3.05, 3.63) is 0 Å². The number of nitrogens with one attached hydrogen (secondary N) is 1. The number of unbranched alkanes of at least 4 members (excludes halogenated alkanes) is 1. The van der Waals surface area contributed by atoms with Crippen LogP contribution in [0.15, 0.2) is 0 Å². The Morgan fingerprint density at radius 2 is 1.67 bits per heavy atom. The maximum atomic E-state index is 3.49. The molecule has 0 bridgehead atoms. The van der Waals surface area contributed by atoms with Gasteiger partial charge in [0.2, 0.25) is 0 Å². The molecule has 0 amide bonds. The van der Waals surface area contributed by atoms with E-state index in [1.807, 2.05) is 0 Å². The molecule has 1 N–H and O–H groups in total. The molecule has 0 aliphatic carbocycles. The highest BCUT2D eigenvalue weighted by Crippen LogP contribution is 2.10. The zero-order chi connectivity index (χ0) is 9.23. The van der Waals surface area contributed by atoms with E-state index >= 15 is 0 Å². The predicted molar refractivity (Wildman–Crippen MR) is 56.5 cm³/mol. The first-order valence-electron chi connectivity index (χ1n) is 5.55. The number of hydrogen-bond acceptors (Lipinski definition) is 1. The van der Waals surface area contributed by atoms with Gasteiger partial charge in [0.25, 0.3) is 0 Å². The van der Waals surface area contributed by atoms with Gasteiger partial charge in [-0.15, -0.1) is 0 Å². The summed E-state index contributed by atoms with van der Waals surface area (Å²) in [7, 11) is 0. The highest BCUT2D eigenvalue weighted by atomic mass is 14.8. The first-order chi connectivity index (χ1) is 5.85. The quantitative estimate of drug-likeness (QED) is 0.553. The molecule has 12 heavy (non-hydrogen) atoms. The summed E-state index contributed by atoms with van der Waals surface area (Å²) in [5, 5.41) is 3.49. The molecular weight excluding hydrogens is 146 g/mol. The summed E-state index contributed by atoms with van der Waals surface area (Å²) in [6.45, 7) is 9.24. The molecular formula is C11H25N. The Balaban J connectivity index is 3.06. The van der Waals surface area contributed by atoms with E-state index in [0.29, 0.717) is 0 Å². The van der Waals surface area contributed by atoms with Crippen molar-refractivity contribution in [1.29, 1.82) is 0 Å². The van der Waals surface area contributed by atoms with Crippen molar-refractivity contribution in [3.8, 4) is 0 Å². The minimum absolute atomic E-state index is 0.944. The van der Waals surface area contributed by atoms with Crippen LogP contribution >= 0.6 is 0 Å². The number of hydrogen-bond donors (Lipinski definition) is 1. The zero-order valence-electron chi connectivity index (χ0n) is 9.03. The van der Waals surface area contributed by atoms with Crippen LogP contribution in [0.4, 0.5) is 0 Å². The Bertz CT molecular complexity index is 77.1. The minimum atomic E-state index is 0.944. The van der Waals surface area contributed by atoms with Gasteiger partial charge in [0.15, 0.2) is 0 Å². The molecule has 0 spiro atoms. The topological polar surface area (TPSA) is 12.0 Å². The Labute approximate surface area is 77.9 Å². The lowest BCUT2D eigenvalue weighted by atomic mass is 10.00. The molecule has 0 aliphatic rings. The second-order valence-corrected chi connectivity index (χ2v) is 3.57. The van der Waals surface area contributed by atoms with Gasteiger partial charge in [0.1, 0.15) is 0 Å². The highest BCUT2D eigenvalue weighted by Gasteiger charge is 2.01. The van der Waals surface area contributed by atoms with Crippen molar-refractivity contribution in [2.45, 2.75) is 52.9 Å². The first kappa shape index (κ1) is 12.0. The molecule has 74 valence electrons. The summed E-state index contributed by atoms with van der Waals surface area (Å²) in [6.07, 6.45) is 6.66. The molecule has 0 aromatic rings. The van der Waals surface area contributed by atoms with Crippen LogP contribution in [-0.2, 0) is 0 Å². The third-order valence-corrected chi connectivity index (χ3v) is 2.59. The van der Waals surface area contributed by atoms with Crippen LogP contribution in [0.2, 0.25) is 0 Å². The van der Waals surface area contributed by atoms with E-state index in [2.05, 4.69) is 26.1 Å². The molecule has 1 nitrogen and oxygen atoms in total. The van der Waals surface area contributed by atoms with Gasteiger partial charge in [-0.25, -0.2) is 0 Å². The third kappa shape index (κ3) is 6.66. The predicted octanol–water partition coefficient (Wildman–Crippen LogP) is 3.20. The standard InChI is InChI=1S/C11H25N/c1-4-7-9-12-10-8-11(5-2)6-3/h11-12H,4-10H2,1-3H3. The van der Waals surface area contributed by atoms with Crippen LogP contribution < -0.4 is 5.32 Å². The fraction of sp³-hybridized carbons (Fsp3) is 1.00. The van der Waals surface area contributed by atoms with Crippen LogP contribution in [0.1, 0.15) is 52.9 Å². The molecule has 0 aliphatic heterocycles. The SMILES string of the molecule is CCCCNCCC(CC)CC. The Hall–Kier alpha value is -0.0400. The molecule has 0 unspecified atom stereocenters. The van der Waals surface area contributed by atoms with Crippen LogP contribution in [0.25, 0.3) is 0 Å². The fourth-order valence-electron chi connectivity index (χ4n) is 1.43. The molecule has 1 heteroatoms. The summed E-state index contributed by atoms with van der Waals surface area (Å²) < 4.78 is 0. The van der Waals surface area contributed by atoms with E-state index in [0.717, 1.165) is 5.92 Å². The maximum Gasteiger partial charge on any atom is -0.00463 e. The van der Waals surface area contributed by atoms with Gasteiger partial charge in [-0.3, -0.25) is 0 Å². The summed E-state index contributed by atoms with van der Waals surface area (Å²) in [5.74, 6) is 0.944. The lowest BCUT2D eigenvalue weighted by Crippen LogP contribution is -2.18. The summed E-state index contributed by atoms with van der Waals surface area (Å²) in [5.41, 5.74) is 0. The first-order valence-corrected chi connectivity index (χ1v) is 5.55. The second kappa shape index (κ2) is 9.05. The molecule has 0 atom stereocenters. The second-order valence-electron chi connectivity index (χ2n) is 3.57. The van der Waals surface area contributed by atoms with Gasteiger partial charge >= 0.3 is 0 Å².